The highest BCUT2D eigenvalue weighted by Gasteiger charge is 2.19. The number of rotatable bonds is 2. The van der Waals surface area contributed by atoms with Gasteiger partial charge in [0.15, 0.2) is 0 Å². The Morgan fingerprint density at radius 3 is 2.56 bits per heavy atom. The second-order valence-corrected chi connectivity index (χ2v) is 4.15. The number of nitrogens with zero attached hydrogens (tertiary/aromatic N) is 3. The first-order chi connectivity index (χ1) is 7.59. The molecule has 0 aliphatic rings. The largest absolute Gasteiger partial charge is 0.380 e. The van der Waals surface area contributed by atoms with Gasteiger partial charge in [0, 0.05) is 13.2 Å². The molecule has 6 heteroatoms. The van der Waals surface area contributed by atoms with Crippen LogP contribution in [0.2, 0.25) is 10.0 Å². The van der Waals surface area contributed by atoms with Crippen LogP contribution in [0.25, 0.3) is 0 Å². The van der Waals surface area contributed by atoms with Crippen LogP contribution in [-0.4, -0.2) is 19.9 Å². The van der Waals surface area contributed by atoms with Crippen LogP contribution in [0.5, 0.6) is 0 Å². The van der Waals surface area contributed by atoms with Gasteiger partial charge in [0.2, 0.25) is 0 Å². The Kier molecular flexibility index (Phi) is 3.14. The molecule has 4 nitrogen and oxygen atoms in total. The van der Waals surface area contributed by atoms with E-state index in [2.05, 4.69) is 10.1 Å². The third-order valence-electron chi connectivity index (χ3n) is 2.23. The highest BCUT2D eigenvalue weighted by atomic mass is 35.5. The summed E-state index contributed by atoms with van der Waals surface area (Å²) in [4.78, 5) is 4.03. The van der Waals surface area contributed by atoms with Crippen LogP contribution in [0, 0.1) is 0 Å². The van der Waals surface area contributed by atoms with Crippen LogP contribution in [0.1, 0.15) is 17.5 Å². The van der Waals surface area contributed by atoms with Crippen molar-refractivity contribution < 1.29 is 5.11 Å². The van der Waals surface area contributed by atoms with Crippen molar-refractivity contribution in [3.63, 3.8) is 0 Å². The number of aliphatic hydroxyl groups is 1. The van der Waals surface area contributed by atoms with Gasteiger partial charge in [-0.15, -0.1) is 0 Å². The van der Waals surface area contributed by atoms with Crippen LogP contribution >= 0.6 is 23.2 Å². The lowest BCUT2D eigenvalue weighted by Crippen LogP contribution is -2.08. The van der Waals surface area contributed by atoms with Crippen molar-refractivity contribution in [2.24, 2.45) is 7.05 Å². The monoisotopic (exact) mass is 257 g/mol. The SMILES string of the molecule is Cn1ncc(Cl)c1C(O)c1ccc(Cl)cn1. The van der Waals surface area contributed by atoms with E-state index in [9.17, 15) is 5.11 Å². The topological polar surface area (TPSA) is 50.9 Å². The molecule has 0 aromatic carbocycles. The Morgan fingerprint density at radius 2 is 2.06 bits per heavy atom. The fourth-order valence-electron chi connectivity index (χ4n) is 1.42. The van der Waals surface area contributed by atoms with Crippen molar-refractivity contribution in [2.45, 2.75) is 6.10 Å². The average Bonchev–Trinajstić information content (AvgIpc) is 2.59. The minimum absolute atomic E-state index is 0.409. The molecule has 0 amide bonds. The van der Waals surface area contributed by atoms with Crippen molar-refractivity contribution in [1.82, 2.24) is 14.8 Å². The molecule has 1 unspecified atom stereocenters. The summed E-state index contributed by atoms with van der Waals surface area (Å²) in [6, 6.07) is 3.31. The summed E-state index contributed by atoms with van der Waals surface area (Å²) >= 11 is 11.6. The number of hydrogen-bond acceptors (Lipinski definition) is 3. The van der Waals surface area contributed by atoms with Crippen LogP contribution in [0.15, 0.2) is 24.5 Å². The zero-order chi connectivity index (χ0) is 11.7. The third-order valence-corrected chi connectivity index (χ3v) is 2.74. The van der Waals surface area contributed by atoms with Crippen molar-refractivity contribution >= 4 is 23.2 Å². The maximum atomic E-state index is 10.1. The summed E-state index contributed by atoms with van der Waals surface area (Å²) in [7, 11) is 1.71. The van der Waals surface area contributed by atoms with E-state index in [-0.39, 0.29) is 0 Å². The Balaban J connectivity index is 2.39. The van der Waals surface area contributed by atoms with Crippen molar-refractivity contribution in [3.8, 4) is 0 Å². The summed E-state index contributed by atoms with van der Waals surface area (Å²) < 4.78 is 1.52. The summed E-state index contributed by atoms with van der Waals surface area (Å²) in [5.41, 5.74) is 0.992. The van der Waals surface area contributed by atoms with Gasteiger partial charge < -0.3 is 5.11 Å². The lowest BCUT2D eigenvalue weighted by atomic mass is 10.1. The smallest absolute Gasteiger partial charge is 0.139 e. The molecule has 2 aromatic heterocycles. The molecule has 0 saturated carbocycles. The van der Waals surface area contributed by atoms with Crippen LogP contribution in [-0.2, 0) is 7.05 Å². The lowest BCUT2D eigenvalue weighted by molar-refractivity contribution is 0.205. The van der Waals surface area contributed by atoms with Crippen LogP contribution in [0.4, 0.5) is 0 Å². The number of aryl methyl sites for hydroxylation is 1. The van der Waals surface area contributed by atoms with Gasteiger partial charge in [0.25, 0.3) is 0 Å². The first-order valence-electron chi connectivity index (χ1n) is 4.56. The van der Waals surface area contributed by atoms with Crippen LogP contribution < -0.4 is 0 Å². The quantitative estimate of drug-likeness (QED) is 0.898. The number of aliphatic hydroxyl groups excluding tert-OH is 1. The minimum Gasteiger partial charge on any atom is -0.380 e. The second kappa shape index (κ2) is 4.41. The molecule has 16 heavy (non-hydrogen) atoms. The van der Waals surface area contributed by atoms with Gasteiger partial charge in [-0.3, -0.25) is 9.67 Å². The number of aromatic nitrogens is 3. The molecule has 2 aromatic rings. The third kappa shape index (κ3) is 2.04. The van der Waals surface area contributed by atoms with Crippen molar-refractivity contribution in [2.75, 3.05) is 0 Å². The molecule has 0 bridgehead atoms. The molecule has 84 valence electrons. The zero-order valence-electron chi connectivity index (χ0n) is 8.43. The molecule has 0 fully saturated rings. The molecule has 0 spiro atoms. The van der Waals surface area contributed by atoms with Crippen molar-refractivity contribution in [1.29, 1.82) is 0 Å². The second-order valence-electron chi connectivity index (χ2n) is 3.31. The molecule has 0 aliphatic heterocycles. The van der Waals surface area contributed by atoms with E-state index >= 15 is 0 Å². The van der Waals surface area contributed by atoms with E-state index in [0.717, 1.165) is 0 Å². The van der Waals surface area contributed by atoms with E-state index in [1.165, 1.54) is 17.1 Å². The molecule has 0 saturated heterocycles. The summed E-state index contributed by atoms with van der Waals surface area (Å²) in [6.45, 7) is 0. The zero-order valence-corrected chi connectivity index (χ0v) is 9.94. The van der Waals surface area contributed by atoms with E-state index in [1.54, 1.807) is 19.2 Å². The van der Waals surface area contributed by atoms with Gasteiger partial charge in [-0.1, -0.05) is 23.2 Å². The van der Waals surface area contributed by atoms with Crippen LogP contribution in [0.3, 0.4) is 0 Å². The molecular formula is C10H9Cl2N3O. The van der Waals surface area contributed by atoms with Gasteiger partial charge in [-0.05, 0) is 12.1 Å². The van der Waals surface area contributed by atoms with E-state index in [4.69, 9.17) is 23.2 Å². The summed E-state index contributed by atoms with van der Waals surface area (Å²) in [6.07, 6.45) is 2.05. The molecule has 0 radical (unpaired) electrons. The first-order valence-corrected chi connectivity index (χ1v) is 5.32. The Labute approximate surface area is 102 Å². The highest BCUT2D eigenvalue weighted by molar-refractivity contribution is 6.31. The predicted octanol–water partition coefficient (Wildman–Crippen LogP) is 2.20. The van der Waals surface area contributed by atoms with Gasteiger partial charge in [0.05, 0.1) is 27.6 Å². The number of halogens is 2. The maximum absolute atomic E-state index is 10.1. The Bertz CT molecular complexity index is 476. The van der Waals surface area contributed by atoms with Gasteiger partial charge in [0.1, 0.15) is 6.10 Å². The van der Waals surface area contributed by atoms with Gasteiger partial charge >= 0.3 is 0 Å². The molecule has 0 aliphatic carbocycles. The van der Waals surface area contributed by atoms with Gasteiger partial charge in [-0.2, -0.15) is 5.10 Å². The standard InChI is InChI=1S/C10H9Cl2N3O/c1-15-9(7(12)5-14-15)10(16)8-3-2-6(11)4-13-8/h2-5,10,16H,1H3. The Hall–Kier alpha value is -1.10. The Morgan fingerprint density at radius 1 is 1.31 bits per heavy atom. The first kappa shape index (κ1) is 11.4. The van der Waals surface area contributed by atoms with E-state index < -0.39 is 6.10 Å². The molecule has 1 N–H and O–H groups in total. The minimum atomic E-state index is -0.905. The van der Waals surface area contributed by atoms with Crippen molar-refractivity contribution in [3.05, 3.63) is 46.0 Å². The van der Waals surface area contributed by atoms with E-state index in [1.807, 2.05) is 0 Å². The normalized spacial score (nSPS) is 12.8. The molecule has 2 rings (SSSR count). The van der Waals surface area contributed by atoms with E-state index in [0.29, 0.717) is 21.4 Å². The lowest BCUT2D eigenvalue weighted by Gasteiger charge is -2.11. The summed E-state index contributed by atoms with van der Waals surface area (Å²) in [5, 5.41) is 15.0. The number of pyridine rings is 1. The predicted molar refractivity (Wildman–Crippen MR) is 61.5 cm³/mol. The maximum Gasteiger partial charge on any atom is 0.139 e. The average molecular weight is 258 g/mol. The fourth-order valence-corrected chi connectivity index (χ4v) is 1.80. The highest BCUT2D eigenvalue weighted by Crippen LogP contribution is 2.26. The molecule has 2 heterocycles. The fraction of sp³-hybridized carbons (Fsp3) is 0.200. The summed E-state index contributed by atoms with van der Waals surface area (Å²) in [5.74, 6) is 0. The molecular weight excluding hydrogens is 249 g/mol. The number of hydrogen-bond donors (Lipinski definition) is 1. The van der Waals surface area contributed by atoms with Gasteiger partial charge in [-0.25, -0.2) is 0 Å². The molecule has 1 atom stereocenters.